The molecule has 0 radical (unpaired) electrons. The van der Waals surface area contributed by atoms with Crippen LogP contribution in [0.4, 0.5) is 0 Å². The third kappa shape index (κ3) is 20.2. The van der Waals surface area contributed by atoms with Crippen molar-refractivity contribution in [2.24, 2.45) is 0 Å². The lowest BCUT2D eigenvalue weighted by molar-refractivity contribution is 0.0505. The molecule has 0 saturated carbocycles. The summed E-state index contributed by atoms with van der Waals surface area (Å²) in [6.07, 6.45) is 17.4. The molecule has 9 heteroatoms. The second kappa shape index (κ2) is 21.1. The summed E-state index contributed by atoms with van der Waals surface area (Å²) in [7, 11) is -7.75. The predicted octanol–water partition coefficient (Wildman–Crippen LogP) is 6.96. The Balaban J connectivity index is 4.52. The zero-order chi connectivity index (χ0) is 25.7. The highest BCUT2D eigenvalue weighted by atomic mass is 32.2. The summed E-state index contributed by atoms with van der Waals surface area (Å²) in [6.45, 7) is 6.29. The number of phosphoric acid groups is 1. The third-order valence-electron chi connectivity index (χ3n) is 6.29. The van der Waals surface area contributed by atoms with Crippen LogP contribution in [0.25, 0.3) is 0 Å². The molecule has 0 bridgehead atoms. The van der Waals surface area contributed by atoms with Crippen molar-refractivity contribution < 1.29 is 32.0 Å². The average Bonchev–Trinajstić information content (AvgIpc) is 2.76. The number of ether oxygens (including phenoxy) is 1. The van der Waals surface area contributed by atoms with E-state index in [0.717, 1.165) is 32.1 Å². The smallest absolute Gasteiger partial charge is 0.377 e. The van der Waals surface area contributed by atoms with E-state index in [1.807, 2.05) is 0 Å². The Kier molecular flexibility index (Phi) is 21.2. The Bertz CT molecular complexity index is 606. The van der Waals surface area contributed by atoms with Gasteiger partial charge in [0.15, 0.2) is 9.84 Å². The molecule has 7 nitrogen and oxygen atoms in total. The van der Waals surface area contributed by atoms with Crippen molar-refractivity contribution in [2.75, 3.05) is 19.0 Å². The largest absolute Gasteiger partial charge is 0.469 e. The van der Waals surface area contributed by atoms with Gasteiger partial charge in [0.2, 0.25) is 0 Å². The lowest BCUT2D eigenvalue weighted by Gasteiger charge is -2.25. The number of hydrogen-bond acceptors (Lipinski definition) is 5. The van der Waals surface area contributed by atoms with Gasteiger partial charge in [0.25, 0.3) is 0 Å². The van der Waals surface area contributed by atoms with Crippen LogP contribution in [-0.4, -0.2) is 48.5 Å². The fraction of sp³-hybridized carbons (Fsp3) is 1.00. The number of sulfone groups is 1. The molecule has 0 aliphatic heterocycles. The van der Waals surface area contributed by atoms with E-state index in [-0.39, 0.29) is 19.0 Å². The molecule has 206 valence electrons. The fourth-order valence-corrected chi connectivity index (χ4v) is 6.68. The number of unbranched alkanes of at least 4 members (excludes halogenated alkanes) is 13. The van der Waals surface area contributed by atoms with Crippen molar-refractivity contribution in [1.29, 1.82) is 0 Å². The Morgan fingerprint density at radius 3 is 1.68 bits per heavy atom. The van der Waals surface area contributed by atoms with Gasteiger partial charge in [-0.1, -0.05) is 104 Å². The summed E-state index contributed by atoms with van der Waals surface area (Å²) < 4.78 is 47.3. The molecule has 0 aliphatic carbocycles. The van der Waals surface area contributed by atoms with Crippen molar-refractivity contribution in [3.8, 4) is 0 Å². The lowest BCUT2D eigenvalue weighted by atomic mass is 10.1. The molecule has 0 amide bonds. The van der Waals surface area contributed by atoms with Gasteiger partial charge >= 0.3 is 7.82 Å². The molecule has 0 spiro atoms. The summed E-state index contributed by atoms with van der Waals surface area (Å²) in [4.78, 5) is 17.5. The summed E-state index contributed by atoms with van der Waals surface area (Å²) in [6, 6.07) is 0. The standard InChI is InChI=1S/C25H53O7PS/c1-4-6-8-10-12-13-14-16-18-23-34(29,30)25(20-17-15-11-9-7-5-2)24(3)31-21-19-22-32-33(26,27)28/h24-25H,4-23H2,1-3H3,(H2,26,27,28). The number of hydrogen-bond donors (Lipinski definition) is 2. The first-order valence-corrected chi connectivity index (χ1v) is 16.9. The zero-order valence-corrected chi connectivity index (χ0v) is 23.8. The minimum Gasteiger partial charge on any atom is -0.377 e. The zero-order valence-electron chi connectivity index (χ0n) is 22.1. The van der Waals surface area contributed by atoms with Crippen molar-refractivity contribution in [3.63, 3.8) is 0 Å². The molecule has 0 saturated heterocycles. The highest BCUT2D eigenvalue weighted by Crippen LogP contribution is 2.35. The van der Waals surface area contributed by atoms with Gasteiger partial charge in [0.05, 0.1) is 23.7 Å². The normalized spacial score (nSPS) is 14.4. The van der Waals surface area contributed by atoms with E-state index in [9.17, 15) is 13.0 Å². The summed E-state index contributed by atoms with van der Waals surface area (Å²) in [5, 5.41) is -0.532. The van der Waals surface area contributed by atoms with Crippen LogP contribution in [0.15, 0.2) is 0 Å². The average molecular weight is 529 g/mol. The van der Waals surface area contributed by atoms with Gasteiger partial charge in [0, 0.05) is 6.61 Å². The molecule has 34 heavy (non-hydrogen) atoms. The van der Waals surface area contributed by atoms with Crippen LogP contribution < -0.4 is 0 Å². The monoisotopic (exact) mass is 528 g/mol. The second-order valence-corrected chi connectivity index (χ2v) is 13.1. The molecule has 0 aromatic heterocycles. The minimum atomic E-state index is -4.48. The predicted molar refractivity (Wildman–Crippen MR) is 141 cm³/mol. The molecule has 2 unspecified atom stereocenters. The molecule has 0 aliphatic rings. The van der Waals surface area contributed by atoms with Crippen molar-refractivity contribution in [1.82, 2.24) is 0 Å². The Labute approximate surface area is 209 Å². The quantitative estimate of drug-likeness (QED) is 0.0973. The second-order valence-electron chi connectivity index (χ2n) is 9.54. The van der Waals surface area contributed by atoms with Crippen LogP contribution in [0.2, 0.25) is 0 Å². The van der Waals surface area contributed by atoms with Gasteiger partial charge < -0.3 is 14.5 Å². The topological polar surface area (TPSA) is 110 Å². The first kappa shape index (κ1) is 34.0. The molecule has 0 aromatic carbocycles. The molecule has 0 fully saturated rings. The van der Waals surface area contributed by atoms with Crippen LogP contribution in [-0.2, 0) is 23.7 Å². The lowest BCUT2D eigenvalue weighted by Crippen LogP contribution is -2.36. The van der Waals surface area contributed by atoms with E-state index >= 15 is 0 Å². The minimum absolute atomic E-state index is 0.121. The molecule has 0 heterocycles. The van der Waals surface area contributed by atoms with E-state index in [4.69, 9.17) is 14.5 Å². The highest BCUT2D eigenvalue weighted by Gasteiger charge is 2.30. The van der Waals surface area contributed by atoms with E-state index in [2.05, 4.69) is 18.4 Å². The van der Waals surface area contributed by atoms with Gasteiger partial charge in [-0.25, -0.2) is 13.0 Å². The Morgan fingerprint density at radius 2 is 1.18 bits per heavy atom. The fourth-order valence-electron chi connectivity index (χ4n) is 4.22. The first-order valence-electron chi connectivity index (χ1n) is 13.7. The van der Waals surface area contributed by atoms with E-state index in [0.29, 0.717) is 19.3 Å². The van der Waals surface area contributed by atoms with Gasteiger partial charge in [-0.3, -0.25) is 4.52 Å². The van der Waals surface area contributed by atoms with Crippen LogP contribution in [0.5, 0.6) is 0 Å². The molecule has 2 N–H and O–H groups in total. The Hall–Kier alpha value is 0.0200. The number of phosphoric ester groups is 1. The maximum Gasteiger partial charge on any atom is 0.469 e. The molecule has 0 aromatic rings. The molecular weight excluding hydrogens is 475 g/mol. The highest BCUT2D eigenvalue weighted by molar-refractivity contribution is 7.92. The van der Waals surface area contributed by atoms with Crippen molar-refractivity contribution >= 4 is 17.7 Å². The SMILES string of the molecule is CCCCCCCCCCCS(=O)(=O)C(CCCCCCCC)C(C)OCCCOP(=O)(O)O. The van der Waals surface area contributed by atoms with E-state index in [1.54, 1.807) is 6.92 Å². The number of rotatable bonds is 25. The van der Waals surface area contributed by atoms with Crippen LogP contribution >= 0.6 is 7.82 Å². The summed E-state index contributed by atoms with van der Waals surface area (Å²) >= 11 is 0. The van der Waals surface area contributed by atoms with E-state index in [1.165, 1.54) is 57.8 Å². The summed E-state index contributed by atoms with van der Waals surface area (Å²) in [5.74, 6) is 0.207. The van der Waals surface area contributed by atoms with Crippen molar-refractivity contribution in [3.05, 3.63) is 0 Å². The maximum absolute atomic E-state index is 13.2. The van der Waals surface area contributed by atoms with Crippen LogP contribution in [0, 0.1) is 0 Å². The molecule has 2 atom stereocenters. The van der Waals surface area contributed by atoms with Crippen LogP contribution in [0.3, 0.4) is 0 Å². The van der Waals surface area contributed by atoms with Gasteiger partial charge in [-0.15, -0.1) is 0 Å². The van der Waals surface area contributed by atoms with Gasteiger partial charge in [-0.05, 0) is 26.2 Å². The van der Waals surface area contributed by atoms with Crippen LogP contribution in [0.1, 0.15) is 130 Å². The summed E-state index contributed by atoms with van der Waals surface area (Å²) in [5.41, 5.74) is 0. The van der Waals surface area contributed by atoms with Gasteiger partial charge in [-0.2, -0.15) is 0 Å². The van der Waals surface area contributed by atoms with E-state index < -0.39 is 29.0 Å². The van der Waals surface area contributed by atoms with Gasteiger partial charge in [0.1, 0.15) is 0 Å². The maximum atomic E-state index is 13.2. The Morgan fingerprint density at radius 1 is 0.706 bits per heavy atom. The first-order chi connectivity index (χ1) is 16.1. The molecule has 0 rings (SSSR count). The third-order valence-corrected chi connectivity index (χ3v) is 9.21. The molecular formula is C25H53O7PS. The van der Waals surface area contributed by atoms with Crippen molar-refractivity contribution in [2.45, 2.75) is 141 Å².